The Balaban J connectivity index is 2.05. The molecule has 0 radical (unpaired) electrons. The number of benzene rings is 1. The van der Waals surface area contributed by atoms with Crippen LogP contribution in [0.25, 0.3) is 0 Å². The highest BCUT2D eigenvalue weighted by molar-refractivity contribution is 5.29. The largest absolute Gasteiger partial charge is 0.494 e. The van der Waals surface area contributed by atoms with E-state index in [0.29, 0.717) is 19.2 Å². The van der Waals surface area contributed by atoms with Gasteiger partial charge in [0.05, 0.1) is 6.61 Å². The minimum absolute atomic E-state index is 0.351. The molecule has 1 saturated heterocycles. The molecule has 2 N–H and O–H groups in total. The van der Waals surface area contributed by atoms with Gasteiger partial charge in [0.1, 0.15) is 5.75 Å². The van der Waals surface area contributed by atoms with Crippen LogP contribution in [0.2, 0.25) is 0 Å². The first-order valence-corrected chi connectivity index (χ1v) is 8.02. The summed E-state index contributed by atoms with van der Waals surface area (Å²) in [4.78, 5) is 2.56. The Hall–Kier alpha value is -1.06. The highest BCUT2D eigenvalue weighted by Crippen LogP contribution is 2.24. The monoisotopic (exact) mass is 276 g/mol. The van der Waals surface area contributed by atoms with Gasteiger partial charge in [-0.25, -0.2) is 0 Å². The lowest BCUT2D eigenvalue weighted by Gasteiger charge is -2.32. The number of likely N-dealkylation sites (tertiary alicyclic amines) is 1. The van der Waals surface area contributed by atoms with Gasteiger partial charge in [-0.1, -0.05) is 31.4 Å². The van der Waals surface area contributed by atoms with E-state index in [9.17, 15) is 0 Å². The second kappa shape index (κ2) is 8.28. The van der Waals surface area contributed by atoms with E-state index in [1.54, 1.807) is 0 Å². The Morgan fingerprint density at radius 1 is 1.05 bits per heavy atom. The van der Waals surface area contributed by atoms with Crippen molar-refractivity contribution >= 4 is 0 Å². The molecule has 0 amide bonds. The third-order valence-electron chi connectivity index (χ3n) is 4.13. The van der Waals surface area contributed by atoms with E-state index >= 15 is 0 Å². The molecule has 1 heterocycles. The van der Waals surface area contributed by atoms with E-state index in [0.717, 1.165) is 5.75 Å². The van der Waals surface area contributed by atoms with Crippen molar-refractivity contribution in [2.75, 3.05) is 26.2 Å². The molecule has 1 aromatic rings. The van der Waals surface area contributed by atoms with Crippen LogP contribution >= 0.6 is 0 Å². The van der Waals surface area contributed by atoms with Crippen molar-refractivity contribution in [2.24, 2.45) is 5.73 Å². The predicted octanol–water partition coefficient (Wildman–Crippen LogP) is 3.35. The molecule has 1 atom stereocenters. The summed E-state index contributed by atoms with van der Waals surface area (Å²) in [5.74, 6) is 0.944. The van der Waals surface area contributed by atoms with E-state index in [2.05, 4.69) is 29.2 Å². The fraction of sp³-hybridized carbons (Fsp3) is 0.647. The van der Waals surface area contributed by atoms with Gasteiger partial charge in [0.2, 0.25) is 0 Å². The Kier molecular flexibility index (Phi) is 6.34. The molecule has 20 heavy (non-hydrogen) atoms. The molecule has 0 bridgehead atoms. The summed E-state index contributed by atoms with van der Waals surface area (Å²) in [6, 6.07) is 8.81. The van der Waals surface area contributed by atoms with E-state index in [1.807, 2.05) is 6.92 Å². The fourth-order valence-corrected chi connectivity index (χ4v) is 3.03. The third kappa shape index (κ3) is 4.22. The summed E-state index contributed by atoms with van der Waals surface area (Å²) in [5, 5.41) is 0. The Labute approximate surface area is 123 Å². The average Bonchev–Trinajstić information content (AvgIpc) is 2.43. The maximum atomic E-state index is 6.05. The van der Waals surface area contributed by atoms with Crippen LogP contribution in [0.15, 0.2) is 24.3 Å². The van der Waals surface area contributed by atoms with E-state index in [4.69, 9.17) is 10.5 Å². The topological polar surface area (TPSA) is 38.5 Å². The standard InChI is InChI=1S/C17H28N2O/c1-2-20-16-10-8-15(9-11-16)17(14-18)19-12-6-4-3-5-7-13-19/h8-11,17H,2-7,12-14,18H2,1H3. The molecule has 2 rings (SSSR count). The molecule has 1 aliphatic rings. The molecular weight excluding hydrogens is 248 g/mol. The minimum Gasteiger partial charge on any atom is -0.494 e. The lowest BCUT2D eigenvalue weighted by Crippen LogP contribution is -2.36. The Morgan fingerprint density at radius 2 is 1.65 bits per heavy atom. The molecule has 112 valence electrons. The lowest BCUT2D eigenvalue weighted by molar-refractivity contribution is 0.183. The van der Waals surface area contributed by atoms with Gasteiger partial charge in [0.15, 0.2) is 0 Å². The Bertz CT molecular complexity index is 369. The zero-order valence-electron chi connectivity index (χ0n) is 12.7. The van der Waals surface area contributed by atoms with Crippen LogP contribution in [0, 0.1) is 0 Å². The zero-order valence-corrected chi connectivity index (χ0v) is 12.7. The number of hydrogen-bond donors (Lipinski definition) is 1. The molecule has 1 unspecified atom stereocenters. The molecule has 0 saturated carbocycles. The molecule has 1 fully saturated rings. The molecule has 0 aromatic heterocycles. The molecule has 3 nitrogen and oxygen atoms in total. The number of nitrogens with zero attached hydrogens (tertiary/aromatic N) is 1. The summed E-state index contributed by atoms with van der Waals surface area (Å²) in [6.45, 7) is 5.76. The Morgan fingerprint density at radius 3 is 2.20 bits per heavy atom. The number of nitrogens with two attached hydrogens (primary N) is 1. The first-order valence-electron chi connectivity index (χ1n) is 8.02. The fourth-order valence-electron chi connectivity index (χ4n) is 3.03. The summed E-state index contributed by atoms with van der Waals surface area (Å²) >= 11 is 0. The summed E-state index contributed by atoms with van der Waals surface area (Å²) in [6.07, 6.45) is 6.71. The normalized spacial score (nSPS) is 19.1. The van der Waals surface area contributed by atoms with Gasteiger partial charge < -0.3 is 10.5 Å². The second-order valence-electron chi connectivity index (χ2n) is 5.56. The van der Waals surface area contributed by atoms with Gasteiger partial charge in [0, 0.05) is 12.6 Å². The van der Waals surface area contributed by atoms with Gasteiger partial charge in [0.25, 0.3) is 0 Å². The first kappa shape index (κ1) is 15.3. The van der Waals surface area contributed by atoms with Gasteiger partial charge in [-0.2, -0.15) is 0 Å². The highest BCUT2D eigenvalue weighted by atomic mass is 16.5. The van der Waals surface area contributed by atoms with Crippen LogP contribution in [-0.4, -0.2) is 31.1 Å². The number of hydrogen-bond acceptors (Lipinski definition) is 3. The van der Waals surface area contributed by atoms with E-state index < -0.39 is 0 Å². The second-order valence-corrected chi connectivity index (χ2v) is 5.56. The van der Waals surface area contributed by atoms with Gasteiger partial charge in [-0.05, 0) is 50.6 Å². The van der Waals surface area contributed by atoms with Crippen molar-refractivity contribution < 1.29 is 4.74 Å². The summed E-state index contributed by atoms with van der Waals surface area (Å²) in [7, 11) is 0. The van der Waals surface area contributed by atoms with Crippen molar-refractivity contribution in [3.63, 3.8) is 0 Å². The smallest absolute Gasteiger partial charge is 0.119 e. The van der Waals surface area contributed by atoms with Gasteiger partial charge >= 0.3 is 0 Å². The van der Waals surface area contributed by atoms with Gasteiger partial charge in [-0.15, -0.1) is 0 Å². The van der Waals surface area contributed by atoms with Crippen LogP contribution in [0.3, 0.4) is 0 Å². The predicted molar refractivity (Wildman–Crippen MR) is 84.1 cm³/mol. The highest BCUT2D eigenvalue weighted by Gasteiger charge is 2.19. The summed E-state index contributed by atoms with van der Waals surface area (Å²) in [5.41, 5.74) is 7.37. The molecule has 1 aliphatic heterocycles. The van der Waals surface area contributed by atoms with Crippen LogP contribution in [0.4, 0.5) is 0 Å². The van der Waals surface area contributed by atoms with Crippen LogP contribution in [-0.2, 0) is 0 Å². The molecule has 0 spiro atoms. The molecule has 3 heteroatoms. The van der Waals surface area contributed by atoms with Crippen molar-refractivity contribution in [1.82, 2.24) is 4.90 Å². The van der Waals surface area contributed by atoms with E-state index in [-0.39, 0.29) is 0 Å². The van der Waals surface area contributed by atoms with Crippen molar-refractivity contribution in [3.05, 3.63) is 29.8 Å². The minimum atomic E-state index is 0.351. The van der Waals surface area contributed by atoms with Crippen molar-refractivity contribution in [1.29, 1.82) is 0 Å². The maximum absolute atomic E-state index is 6.05. The van der Waals surface area contributed by atoms with Crippen molar-refractivity contribution in [2.45, 2.75) is 45.1 Å². The molecule has 0 aliphatic carbocycles. The van der Waals surface area contributed by atoms with E-state index in [1.165, 1.54) is 50.8 Å². The molecular formula is C17H28N2O. The SMILES string of the molecule is CCOc1ccc(C(CN)N2CCCCCCC2)cc1. The first-order chi connectivity index (χ1) is 9.85. The van der Waals surface area contributed by atoms with Gasteiger partial charge in [-0.3, -0.25) is 4.90 Å². The quantitative estimate of drug-likeness (QED) is 0.896. The van der Waals surface area contributed by atoms with Crippen LogP contribution in [0.5, 0.6) is 5.75 Å². The summed E-state index contributed by atoms with van der Waals surface area (Å²) < 4.78 is 5.51. The van der Waals surface area contributed by atoms with Crippen LogP contribution in [0.1, 0.15) is 50.6 Å². The maximum Gasteiger partial charge on any atom is 0.119 e. The third-order valence-corrected chi connectivity index (χ3v) is 4.13. The molecule has 1 aromatic carbocycles. The zero-order chi connectivity index (χ0) is 14.2. The number of rotatable bonds is 5. The lowest BCUT2D eigenvalue weighted by atomic mass is 10.0. The van der Waals surface area contributed by atoms with Crippen LogP contribution < -0.4 is 10.5 Å². The average molecular weight is 276 g/mol. The van der Waals surface area contributed by atoms with Crippen molar-refractivity contribution in [3.8, 4) is 5.75 Å². The number of ether oxygens (including phenoxy) is 1.